The third kappa shape index (κ3) is 4.97. The quantitative estimate of drug-likeness (QED) is 0.515. The summed E-state index contributed by atoms with van der Waals surface area (Å²) in [4.78, 5) is 13.0. The van der Waals surface area contributed by atoms with Crippen LogP contribution >= 0.6 is 0 Å². The van der Waals surface area contributed by atoms with Crippen LogP contribution < -0.4 is 4.72 Å². The smallest absolute Gasteiger partial charge is 0.332 e. The van der Waals surface area contributed by atoms with Crippen LogP contribution in [0, 0.1) is 0 Å². The van der Waals surface area contributed by atoms with Crippen molar-refractivity contribution in [3.63, 3.8) is 0 Å². The minimum atomic E-state index is -1.47. The molecular weight excluding hydrogens is 370 g/mol. The highest BCUT2D eigenvalue weighted by atomic mass is 32.2. The van der Waals surface area contributed by atoms with Gasteiger partial charge in [-0.2, -0.15) is 0 Å². The highest BCUT2D eigenvalue weighted by Crippen LogP contribution is 2.31. The van der Waals surface area contributed by atoms with Gasteiger partial charge in [-0.05, 0) is 50.8 Å². The Bertz CT molecular complexity index is 825. The molecule has 0 aromatic heterocycles. The maximum Gasteiger partial charge on any atom is 0.332 e. The topological polar surface area (TPSA) is 55.4 Å². The summed E-state index contributed by atoms with van der Waals surface area (Å²) in [5.41, 5.74) is 1.57. The van der Waals surface area contributed by atoms with Gasteiger partial charge >= 0.3 is 5.97 Å². The molecule has 2 atom stereocenters. The maximum absolute atomic E-state index is 13.0. The Kier molecular flexibility index (Phi) is 7.33. The Morgan fingerprint density at radius 2 is 1.64 bits per heavy atom. The maximum atomic E-state index is 13.0. The summed E-state index contributed by atoms with van der Waals surface area (Å²) >= 11 is 0. The molecule has 0 radical (unpaired) electrons. The van der Waals surface area contributed by atoms with Crippen molar-refractivity contribution < 1.29 is 13.7 Å². The number of esters is 1. The van der Waals surface area contributed by atoms with E-state index >= 15 is 0 Å². The molecule has 1 unspecified atom stereocenters. The molecule has 0 saturated carbocycles. The van der Waals surface area contributed by atoms with Crippen LogP contribution in [0.25, 0.3) is 11.1 Å². The van der Waals surface area contributed by atoms with E-state index in [1.807, 2.05) is 75.4 Å². The van der Waals surface area contributed by atoms with E-state index in [1.165, 1.54) is 0 Å². The van der Waals surface area contributed by atoms with Crippen LogP contribution in [0.5, 0.6) is 0 Å². The predicted molar refractivity (Wildman–Crippen MR) is 116 cm³/mol. The molecule has 0 heterocycles. The van der Waals surface area contributed by atoms with Crippen LogP contribution in [-0.2, 0) is 26.1 Å². The van der Waals surface area contributed by atoms with Crippen molar-refractivity contribution in [2.24, 2.45) is 0 Å². The Morgan fingerprint density at radius 3 is 2.14 bits per heavy atom. The summed E-state index contributed by atoms with van der Waals surface area (Å²) in [5.74, 6) is -0.458. The van der Waals surface area contributed by atoms with Crippen LogP contribution in [0.2, 0.25) is 0 Å². The highest BCUT2D eigenvalue weighted by Gasteiger charge is 2.43. The summed E-state index contributed by atoms with van der Waals surface area (Å²) in [6.45, 7) is 11.4. The molecule has 0 spiro atoms. The first kappa shape index (κ1) is 22.1. The molecular formula is C23H29NO3S. The fourth-order valence-electron chi connectivity index (χ4n) is 2.82. The fraction of sp³-hybridized carbons (Fsp3) is 0.348. The SMILES string of the molecule is C=CC[C@](NS(=O)C(C)(C)C)(C(=O)OCC)c1ccc(-c2ccccc2)cc1. The molecule has 2 rings (SSSR count). The predicted octanol–water partition coefficient (Wildman–Crippen LogP) is 4.74. The lowest BCUT2D eigenvalue weighted by Crippen LogP contribution is -2.53. The lowest BCUT2D eigenvalue weighted by Gasteiger charge is -2.34. The number of ether oxygens (including phenoxy) is 1. The zero-order chi connectivity index (χ0) is 20.8. The number of nitrogens with one attached hydrogen (secondary N) is 1. The van der Waals surface area contributed by atoms with Crippen molar-refractivity contribution in [1.82, 2.24) is 4.72 Å². The molecule has 2 aromatic rings. The molecule has 0 amide bonds. The Morgan fingerprint density at radius 1 is 1.07 bits per heavy atom. The van der Waals surface area contributed by atoms with E-state index in [0.717, 1.165) is 11.1 Å². The van der Waals surface area contributed by atoms with Crippen LogP contribution in [0.3, 0.4) is 0 Å². The second-order valence-electron chi connectivity index (χ2n) is 7.55. The standard InChI is InChI=1S/C23H29NO3S/c1-6-17-23(21(25)27-7-2,24-28(26)22(3,4)5)20-15-13-19(14-16-20)18-11-9-8-10-12-18/h6,8-16,24H,1,7,17H2,2-5H3/t23-,28?/m1/s1. The van der Waals surface area contributed by atoms with Gasteiger partial charge in [0.2, 0.25) is 0 Å². The molecule has 0 fully saturated rings. The molecule has 0 saturated heterocycles. The molecule has 4 nitrogen and oxygen atoms in total. The summed E-state index contributed by atoms with van der Waals surface area (Å²) in [7, 11) is -1.47. The van der Waals surface area contributed by atoms with Gasteiger partial charge in [-0.25, -0.2) is 13.7 Å². The summed E-state index contributed by atoms with van der Waals surface area (Å²) in [6, 6.07) is 17.7. The minimum Gasteiger partial charge on any atom is -0.464 e. The van der Waals surface area contributed by atoms with E-state index in [9.17, 15) is 9.00 Å². The van der Waals surface area contributed by atoms with Gasteiger partial charge in [0.25, 0.3) is 0 Å². The molecule has 0 aliphatic heterocycles. The number of carbonyl (C=O) groups excluding carboxylic acids is 1. The van der Waals surface area contributed by atoms with E-state index in [2.05, 4.69) is 11.3 Å². The first-order valence-corrected chi connectivity index (χ1v) is 10.5. The molecule has 2 aromatic carbocycles. The average molecular weight is 400 g/mol. The first-order valence-electron chi connectivity index (χ1n) is 9.38. The number of carbonyl (C=O) groups is 1. The van der Waals surface area contributed by atoms with Crippen molar-refractivity contribution >= 4 is 17.0 Å². The van der Waals surface area contributed by atoms with Gasteiger partial charge in [-0.3, -0.25) is 0 Å². The molecule has 28 heavy (non-hydrogen) atoms. The van der Waals surface area contributed by atoms with Crippen LogP contribution in [-0.4, -0.2) is 21.5 Å². The lowest BCUT2D eigenvalue weighted by atomic mass is 9.86. The van der Waals surface area contributed by atoms with E-state index < -0.39 is 27.2 Å². The molecule has 0 bridgehead atoms. The van der Waals surface area contributed by atoms with Gasteiger partial charge in [0.05, 0.1) is 22.3 Å². The third-order valence-corrected chi connectivity index (χ3v) is 6.03. The lowest BCUT2D eigenvalue weighted by molar-refractivity contribution is -0.150. The minimum absolute atomic E-state index is 0.240. The molecule has 150 valence electrons. The average Bonchev–Trinajstić information content (AvgIpc) is 2.67. The van der Waals surface area contributed by atoms with Gasteiger partial charge in [0.1, 0.15) is 0 Å². The normalized spacial score (nSPS) is 14.7. The number of rotatable bonds is 8. The number of benzene rings is 2. The fourth-order valence-corrected chi connectivity index (χ4v) is 3.73. The second-order valence-corrected chi connectivity index (χ2v) is 9.51. The van der Waals surface area contributed by atoms with E-state index in [0.29, 0.717) is 5.56 Å². The highest BCUT2D eigenvalue weighted by molar-refractivity contribution is 7.84. The van der Waals surface area contributed by atoms with Crippen molar-refractivity contribution in [3.8, 4) is 11.1 Å². The second kappa shape index (κ2) is 9.30. The van der Waals surface area contributed by atoms with Crippen molar-refractivity contribution in [1.29, 1.82) is 0 Å². The summed E-state index contributed by atoms with van der Waals surface area (Å²) in [5, 5.41) is 0. The van der Waals surface area contributed by atoms with E-state index in [1.54, 1.807) is 13.0 Å². The van der Waals surface area contributed by atoms with Crippen molar-refractivity contribution in [2.75, 3.05) is 6.61 Å². The van der Waals surface area contributed by atoms with Gasteiger partial charge in [0, 0.05) is 0 Å². The van der Waals surface area contributed by atoms with E-state index in [-0.39, 0.29) is 13.0 Å². The van der Waals surface area contributed by atoms with Crippen molar-refractivity contribution in [3.05, 3.63) is 72.8 Å². The molecule has 1 N–H and O–H groups in total. The Hall–Kier alpha value is -2.24. The van der Waals surface area contributed by atoms with Gasteiger partial charge in [0.15, 0.2) is 5.54 Å². The third-order valence-electron chi connectivity index (χ3n) is 4.38. The number of hydrogen-bond acceptors (Lipinski definition) is 3. The molecule has 5 heteroatoms. The van der Waals surface area contributed by atoms with E-state index in [4.69, 9.17) is 4.74 Å². The zero-order valence-corrected chi connectivity index (χ0v) is 17.8. The van der Waals surface area contributed by atoms with Crippen LogP contribution in [0.4, 0.5) is 0 Å². The van der Waals surface area contributed by atoms with Gasteiger partial charge < -0.3 is 4.74 Å². The zero-order valence-electron chi connectivity index (χ0n) is 17.0. The van der Waals surface area contributed by atoms with Gasteiger partial charge in [-0.15, -0.1) is 6.58 Å². The summed E-state index contributed by atoms with van der Waals surface area (Å²) < 4.78 is 20.8. The number of hydrogen-bond donors (Lipinski definition) is 1. The largest absolute Gasteiger partial charge is 0.464 e. The van der Waals surface area contributed by atoms with Gasteiger partial charge in [-0.1, -0.05) is 60.7 Å². The van der Waals surface area contributed by atoms with Crippen molar-refractivity contribution in [2.45, 2.75) is 44.4 Å². The van der Waals surface area contributed by atoms with Crippen LogP contribution in [0.1, 0.15) is 39.7 Å². The first-order chi connectivity index (χ1) is 13.2. The Balaban J connectivity index is 2.51. The monoisotopic (exact) mass is 399 g/mol. The summed E-state index contributed by atoms with van der Waals surface area (Å²) in [6.07, 6.45) is 1.91. The molecule has 0 aliphatic rings. The molecule has 0 aliphatic carbocycles. The van der Waals surface area contributed by atoms with Crippen LogP contribution in [0.15, 0.2) is 67.3 Å². The Labute approximate surface area is 170 Å².